The van der Waals surface area contributed by atoms with Crippen molar-refractivity contribution in [2.24, 2.45) is 0 Å². The van der Waals surface area contributed by atoms with Crippen LogP contribution in [-0.4, -0.2) is 19.3 Å². The second kappa shape index (κ2) is 6.82. The lowest BCUT2D eigenvalue weighted by atomic mass is 10.1. The van der Waals surface area contributed by atoms with Gasteiger partial charge in [0.25, 0.3) is 0 Å². The van der Waals surface area contributed by atoms with Crippen LogP contribution < -0.4 is 5.32 Å². The van der Waals surface area contributed by atoms with Crippen molar-refractivity contribution in [3.63, 3.8) is 0 Å². The van der Waals surface area contributed by atoms with Crippen molar-refractivity contribution in [2.75, 3.05) is 13.2 Å². The van der Waals surface area contributed by atoms with Gasteiger partial charge in [0.1, 0.15) is 5.76 Å². The summed E-state index contributed by atoms with van der Waals surface area (Å²) in [6, 6.07) is 4.33. The average Bonchev–Trinajstić information content (AvgIpc) is 2.90. The standard InChI is InChI=1S/C14H23NO2/c1-2-13(14-7-5-11-17-14)15-9-8-12-6-3-4-10-16-12/h5,7,11-13,15H,2-4,6,8-10H2,1H3. The van der Waals surface area contributed by atoms with Crippen LogP contribution in [0.4, 0.5) is 0 Å². The molecule has 2 rings (SSSR count). The fourth-order valence-electron chi connectivity index (χ4n) is 2.39. The van der Waals surface area contributed by atoms with Crippen LogP contribution in [0.15, 0.2) is 22.8 Å². The molecule has 0 saturated carbocycles. The minimum absolute atomic E-state index is 0.341. The van der Waals surface area contributed by atoms with E-state index in [1.165, 1.54) is 19.3 Å². The van der Waals surface area contributed by atoms with Gasteiger partial charge >= 0.3 is 0 Å². The molecule has 3 nitrogen and oxygen atoms in total. The molecule has 0 amide bonds. The number of ether oxygens (including phenoxy) is 1. The largest absolute Gasteiger partial charge is 0.468 e. The van der Waals surface area contributed by atoms with Crippen LogP contribution in [0.5, 0.6) is 0 Å². The fraction of sp³-hybridized carbons (Fsp3) is 0.714. The van der Waals surface area contributed by atoms with Crippen LogP contribution >= 0.6 is 0 Å². The predicted octanol–water partition coefficient (Wildman–Crippen LogP) is 3.28. The average molecular weight is 237 g/mol. The van der Waals surface area contributed by atoms with Gasteiger partial charge in [0.2, 0.25) is 0 Å². The highest BCUT2D eigenvalue weighted by atomic mass is 16.5. The molecule has 1 fully saturated rings. The summed E-state index contributed by atoms with van der Waals surface area (Å²) in [4.78, 5) is 0. The zero-order valence-corrected chi connectivity index (χ0v) is 10.7. The number of nitrogens with one attached hydrogen (secondary N) is 1. The first-order chi connectivity index (χ1) is 8.40. The first-order valence-electron chi connectivity index (χ1n) is 6.78. The Bertz CT molecular complexity index is 291. The highest BCUT2D eigenvalue weighted by molar-refractivity contribution is 5.03. The molecule has 96 valence electrons. The van der Waals surface area contributed by atoms with Crippen LogP contribution in [0.25, 0.3) is 0 Å². The van der Waals surface area contributed by atoms with Crippen molar-refractivity contribution < 1.29 is 9.15 Å². The Kier molecular flexibility index (Phi) is 5.08. The molecule has 2 unspecified atom stereocenters. The monoisotopic (exact) mass is 237 g/mol. The molecule has 2 heterocycles. The first-order valence-corrected chi connectivity index (χ1v) is 6.78. The van der Waals surface area contributed by atoms with E-state index in [-0.39, 0.29) is 0 Å². The van der Waals surface area contributed by atoms with E-state index in [0.29, 0.717) is 12.1 Å². The lowest BCUT2D eigenvalue weighted by Crippen LogP contribution is -2.27. The Morgan fingerprint density at radius 2 is 2.41 bits per heavy atom. The van der Waals surface area contributed by atoms with Gasteiger partial charge in [-0.2, -0.15) is 0 Å². The third-order valence-corrected chi connectivity index (χ3v) is 3.43. The molecule has 1 aliphatic heterocycles. The minimum atomic E-state index is 0.341. The smallest absolute Gasteiger partial charge is 0.120 e. The number of furan rings is 1. The second-order valence-corrected chi connectivity index (χ2v) is 4.71. The van der Waals surface area contributed by atoms with Crippen LogP contribution in [0, 0.1) is 0 Å². The third-order valence-electron chi connectivity index (χ3n) is 3.43. The van der Waals surface area contributed by atoms with Gasteiger partial charge in [-0.25, -0.2) is 0 Å². The number of hydrogen-bond donors (Lipinski definition) is 1. The Morgan fingerprint density at radius 3 is 3.06 bits per heavy atom. The first kappa shape index (κ1) is 12.7. The number of hydrogen-bond acceptors (Lipinski definition) is 3. The molecule has 0 aliphatic carbocycles. The van der Waals surface area contributed by atoms with E-state index in [4.69, 9.17) is 9.15 Å². The SMILES string of the molecule is CCC(NCCC1CCCCO1)c1ccco1. The van der Waals surface area contributed by atoms with Crippen LogP contribution in [0.2, 0.25) is 0 Å². The molecule has 0 radical (unpaired) electrons. The van der Waals surface area contributed by atoms with Crippen molar-refractivity contribution in [3.8, 4) is 0 Å². The van der Waals surface area contributed by atoms with Gasteiger partial charge in [-0.15, -0.1) is 0 Å². The normalized spacial score (nSPS) is 22.5. The summed E-state index contributed by atoms with van der Waals surface area (Å²) < 4.78 is 11.2. The summed E-state index contributed by atoms with van der Waals surface area (Å²) in [7, 11) is 0. The summed E-state index contributed by atoms with van der Waals surface area (Å²) in [6.07, 6.45) is 8.14. The van der Waals surface area contributed by atoms with Gasteiger partial charge in [-0.3, -0.25) is 0 Å². The predicted molar refractivity (Wildman–Crippen MR) is 68.0 cm³/mol. The van der Waals surface area contributed by atoms with Crippen molar-refractivity contribution in [3.05, 3.63) is 24.2 Å². The van der Waals surface area contributed by atoms with E-state index < -0.39 is 0 Å². The van der Waals surface area contributed by atoms with E-state index in [2.05, 4.69) is 12.2 Å². The van der Waals surface area contributed by atoms with E-state index in [1.54, 1.807) is 6.26 Å². The molecule has 17 heavy (non-hydrogen) atoms. The Labute approximate surface area is 104 Å². The van der Waals surface area contributed by atoms with Gasteiger partial charge in [0, 0.05) is 6.61 Å². The zero-order chi connectivity index (χ0) is 11.9. The highest BCUT2D eigenvalue weighted by Gasteiger charge is 2.15. The summed E-state index contributed by atoms with van der Waals surface area (Å²) in [5, 5.41) is 3.55. The van der Waals surface area contributed by atoms with E-state index in [1.807, 2.05) is 12.1 Å². The highest BCUT2D eigenvalue weighted by Crippen LogP contribution is 2.18. The maximum atomic E-state index is 5.72. The molecule has 0 aromatic carbocycles. The number of rotatable bonds is 6. The zero-order valence-electron chi connectivity index (χ0n) is 10.7. The van der Waals surface area contributed by atoms with E-state index in [9.17, 15) is 0 Å². The van der Waals surface area contributed by atoms with Crippen LogP contribution in [0.3, 0.4) is 0 Å². The summed E-state index contributed by atoms with van der Waals surface area (Å²) in [5.74, 6) is 1.04. The van der Waals surface area contributed by atoms with Gasteiger partial charge in [0.05, 0.1) is 18.4 Å². The van der Waals surface area contributed by atoms with Gasteiger partial charge < -0.3 is 14.5 Å². The molecule has 1 aliphatic rings. The van der Waals surface area contributed by atoms with Gasteiger partial charge in [0.15, 0.2) is 0 Å². The summed E-state index contributed by atoms with van der Waals surface area (Å²) in [5.41, 5.74) is 0. The maximum absolute atomic E-state index is 5.72. The topological polar surface area (TPSA) is 34.4 Å². The van der Waals surface area contributed by atoms with Crippen molar-refractivity contribution in [2.45, 2.75) is 51.2 Å². The Hall–Kier alpha value is -0.800. The lowest BCUT2D eigenvalue weighted by Gasteiger charge is -2.23. The van der Waals surface area contributed by atoms with Crippen molar-refractivity contribution in [1.82, 2.24) is 5.32 Å². The molecular weight excluding hydrogens is 214 g/mol. The van der Waals surface area contributed by atoms with Crippen LogP contribution in [-0.2, 0) is 4.74 Å². The second-order valence-electron chi connectivity index (χ2n) is 4.71. The van der Waals surface area contributed by atoms with Crippen molar-refractivity contribution >= 4 is 0 Å². The fourth-order valence-corrected chi connectivity index (χ4v) is 2.39. The molecule has 0 spiro atoms. The molecule has 1 aromatic rings. The Balaban J connectivity index is 1.69. The molecular formula is C14H23NO2. The van der Waals surface area contributed by atoms with E-state index in [0.717, 1.165) is 31.8 Å². The lowest BCUT2D eigenvalue weighted by molar-refractivity contribution is 0.0111. The minimum Gasteiger partial charge on any atom is -0.468 e. The maximum Gasteiger partial charge on any atom is 0.120 e. The Morgan fingerprint density at radius 1 is 1.47 bits per heavy atom. The molecule has 2 atom stereocenters. The molecule has 1 N–H and O–H groups in total. The molecule has 0 bridgehead atoms. The quantitative estimate of drug-likeness (QED) is 0.824. The van der Waals surface area contributed by atoms with Gasteiger partial charge in [-0.1, -0.05) is 6.92 Å². The summed E-state index contributed by atoms with van der Waals surface area (Å²) in [6.45, 7) is 4.13. The van der Waals surface area contributed by atoms with E-state index >= 15 is 0 Å². The van der Waals surface area contributed by atoms with Gasteiger partial charge in [-0.05, 0) is 50.8 Å². The summed E-state index contributed by atoms with van der Waals surface area (Å²) >= 11 is 0. The molecule has 1 aromatic heterocycles. The molecule has 1 saturated heterocycles. The third kappa shape index (κ3) is 3.86. The van der Waals surface area contributed by atoms with Crippen molar-refractivity contribution in [1.29, 1.82) is 0 Å². The molecule has 3 heteroatoms. The van der Waals surface area contributed by atoms with Crippen LogP contribution in [0.1, 0.15) is 50.8 Å².